The number of hydrogen-bond donors (Lipinski definition) is 2. The summed E-state index contributed by atoms with van der Waals surface area (Å²) in [5.74, 6) is -2.01. The number of nitrogens with zero attached hydrogens (tertiary/aromatic N) is 2. The minimum Gasteiger partial charge on any atom is -0.462 e. The molecular formula is C33H54N2O11. The molecular weight excluding hydrogens is 600 g/mol. The standard InChI is InChI=1S/C33H54N2O11/c1-3-4-25-43-30(38)13-19-34(17-7-9-23-36)20-14-31(39)44-26-11-5-6-12-27-45-32(40)15-21-35(18-8-10-24-37)22-16-33(41)46-29-28-42-2/h13-16,19-22,36-37H,3-12,17-18,23-29H2,1-2H3/b19-13+,20-14+,21-15+,22-16+. The molecule has 0 heterocycles. The van der Waals surface area contributed by atoms with Crippen LogP contribution in [0.2, 0.25) is 0 Å². The van der Waals surface area contributed by atoms with Gasteiger partial charge in [0.15, 0.2) is 0 Å². The molecule has 0 aromatic rings. The van der Waals surface area contributed by atoms with Crippen LogP contribution in [-0.2, 0) is 42.9 Å². The first-order valence-corrected chi connectivity index (χ1v) is 16.0. The van der Waals surface area contributed by atoms with E-state index in [1.165, 1.54) is 56.2 Å². The Kier molecular flexibility index (Phi) is 28.8. The van der Waals surface area contributed by atoms with Gasteiger partial charge in [-0.1, -0.05) is 13.3 Å². The second kappa shape index (κ2) is 31.3. The molecule has 0 aliphatic carbocycles. The number of carbonyl (C=O) groups is 4. The van der Waals surface area contributed by atoms with Gasteiger partial charge < -0.3 is 43.7 Å². The van der Waals surface area contributed by atoms with E-state index < -0.39 is 23.9 Å². The third kappa shape index (κ3) is 27.8. The lowest BCUT2D eigenvalue weighted by molar-refractivity contribution is -0.139. The van der Waals surface area contributed by atoms with Gasteiger partial charge in [0.1, 0.15) is 6.61 Å². The molecule has 2 N–H and O–H groups in total. The van der Waals surface area contributed by atoms with Crippen molar-refractivity contribution in [3.63, 3.8) is 0 Å². The van der Waals surface area contributed by atoms with Crippen LogP contribution in [0.4, 0.5) is 0 Å². The van der Waals surface area contributed by atoms with Gasteiger partial charge in [-0.25, -0.2) is 19.2 Å². The molecule has 0 rings (SSSR count). The first kappa shape index (κ1) is 42.3. The zero-order chi connectivity index (χ0) is 34.1. The number of methoxy groups -OCH3 is 1. The van der Waals surface area contributed by atoms with Gasteiger partial charge >= 0.3 is 23.9 Å². The van der Waals surface area contributed by atoms with Gasteiger partial charge in [-0.2, -0.15) is 0 Å². The van der Waals surface area contributed by atoms with Crippen LogP contribution in [0, 0.1) is 0 Å². The third-order valence-electron chi connectivity index (χ3n) is 6.06. The van der Waals surface area contributed by atoms with Crippen LogP contribution in [-0.4, -0.2) is 110 Å². The minimum absolute atomic E-state index is 0.0467. The van der Waals surface area contributed by atoms with E-state index in [2.05, 4.69) is 0 Å². The summed E-state index contributed by atoms with van der Waals surface area (Å²) >= 11 is 0. The van der Waals surface area contributed by atoms with Crippen molar-refractivity contribution in [2.45, 2.75) is 71.1 Å². The molecule has 13 nitrogen and oxygen atoms in total. The molecule has 0 fully saturated rings. The maximum atomic E-state index is 12.1. The summed E-state index contributed by atoms with van der Waals surface area (Å²) in [6.45, 7) is 4.39. The minimum atomic E-state index is -0.533. The number of rotatable bonds is 29. The maximum Gasteiger partial charge on any atom is 0.332 e. The summed E-state index contributed by atoms with van der Waals surface area (Å²) in [6, 6.07) is 0. The Morgan fingerprint density at radius 3 is 1.22 bits per heavy atom. The topological polar surface area (TPSA) is 161 Å². The smallest absolute Gasteiger partial charge is 0.332 e. The Balaban J connectivity index is 4.37. The first-order chi connectivity index (χ1) is 22.4. The fourth-order valence-electron chi connectivity index (χ4n) is 3.47. The molecule has 0 unspecified atom stereocenters. The monoisotopic (exact) mass is 654 g/mol. The summed E-state index contributed by atoms with van der Waals surface area (Å²) < 4.78 is 25.4. The zero-order valence-electron chi connectivity index (χ0n) is 27.5. The van der Waals surface area contributed by atoms with Crippen molar-refractivity contribution < 1.29 is 53.1 Å². The maximum absolute atomic E-state index is 12.1. The van der Waals surface area contributed by atoms with Gasteiger partial charge in [-0.3, -0.25) is 0 Å². The molecule has 13 heteroatoms. The summed E-state index contributed by atoms with van der Waals surface area (Å²) in [5.41, 5.74) is 0. The summed E-state index contributed by atoms with van der Waals surface area (Å²) in [5, 5.41) is 18.0. The fraction of sp³-hybridized carbons (Fsp3) is 0.636. The van der Waals surface area contributed by atoms with Crippen molar-refractivity contribution in [3.8, 4) is 0 Å². The zero-order valence-corrected chi connectivity index (χ0v) is 27.5. The van der Waals surface area contributed by atoms with Crippen molar-refractivity contribution in [1.82, 2.24) is 9.80 Å². The summed E-state index contributed by atoms with van der Waals surface area (Å²) in [7, 11) is 1.51. The normalized spacial score (nSPS) is 11.5. The van der Waals surface area contributed by atoms with Crippen molar-refractivity contribution >= 4 is 23.9 Å². The van der Waals surface area contributed by atoms with E-state index in [1.807, 2.05) is 6.92 Å². The van der Waals surface area contributed by atoms with E-state index in [9.17, 15) is 19.2 Å². The Morgan fingerprint density at radius 2 is 0.870 bits per heavy atom. The highest BCUT2D eigenvalue weighted by molar-refractivity contribution is 5.83. The SMILES string of the molecule is CCCCOC(=O)/C=C/N(/C=C/C(=O)OCCCCCCOC(=O)/C=C/N(/C=C/C(=O)OCCOC)CCCCO)CCCCO. The number of aliphatic hydroxyl groups excluding tert-OH is 2. The summed E-state index contributed by atoms with van der Waals surface area (Å²) in [4.78, 5) is 51.1. The third-order valence-corrected chi connectivity index (χ3v) is 6.06. The molecule has 0 spiro atoms. The molecule has 0 aliphatic rings. The second-order valence-electron chi connectivity index (χ2n) is 10.0. The molecule has 0 saturated heterocycles. The number of esters is 4. The number of carbonyl (C=O) groups excluding carboxylic acids is 4. The van der Waals surface area contributed by atoms with E-state index in [-0.39, 0.29) is 33.0 Å². The van der Waals surface area contributed by atoms with E-state index in [0.29, 0.717) is 64.8 Å². The van der Waals surface area contributed by atoms with Gasteiger partial charge in [0.05, 0.1) is 26.4 Å². The lowest BCUT2D eigenvalue weighted by Crippen LogP contribution is -2.15. The molecule has 0 amide bonds. The molecule has 46 heavy (non-hydrogen) atoms. The highest BCUT2D eigenvalue weighted by Gasteiger charge is 2.04. The summed E-state index contributed by atoms with van der Waals surface area (Å²) in [6.07, 6.45) is 18.3. The number of hydrogen-bond acceptors (Lipinski definition) is 13. The van der Waals surface area contributed by atoms with Crippen molar-refractivity contribution in [2.75, 3.05) is 66.4 Å². The predicted molar refractivity (Wildman–Crippen MR) is 172 cm³/mol. The molecule has 262 valence electrons. The number of ether oxygens (including phenoxy) is 5. The number of aliphatic hydroxyl groups is 2. The van der Waals surface area contributed by atoms with Crippen molar-refractivity contribution in [1.29, 1.82) is 0 Å². The van der Waals surface area contributed by atoms with Crippen LogP contribution in [0.5, 0.6) is 0 Å². The van der Waals surface area contributed by atoms with Crippen LogP contribution < -0.4 is 0 Å². The van der Waals surface area contributed by atoms with Crippen LogP contribution >= 0.6 is 0 Å². The van der Waals surface area contributed by atoms with Crippen LogP contribution in [0.25, 0.3) is 0 Å². The second-order valence-corrected chi connectivity index (χ2v) is 10.0. The van der Waals surface area contributed by atoms with Crippen LogP contribution in [0.1, 0.15) is 71.1 Å². The molecule has 0 aromatic heterocycles. The fourth-order valence-corrected chi connectivity index (χ4v) is 3.47. The molecule has 0 saturated carbocycles. The molecule has 0 atom stereocenters. The molecule has 0 aliphatic heterocycles. The lowest BCUT2D eigenvalue weighted by Gasteiger charge is -2.15. The van der Waals surface area contributed by atoms with Crippen molar-refractivity contribution in [2.24, 2.45) is 0 Å². The first-order valence-electron chi connectivity index (χ1n) is 16.0. The quantitative estimate of drug-likeness (QED) is 0.0523. The van der Waals surface area contributed by atoms with Gasteiger partial charge in [-0.15, -0.1) is 0 Å². The van der Waals surface area contributed by atoms with Crippen molar-refractivity contribution in [3.05, 3.63) is 49.1 Å². The van der Waals surface area contributed by atoms with E-state index in [0.717, 1.165) is 25.7 Å². The van der Waals surface area contributed by atoms with Crippen LogP contribution in [0.15, 0.2) is 49.1 Å². The number of unbranched alkanes of at least 4 members (excludes halogenated alkanes) is 6. The van der Waals surface area contributed by atoms with Gasteiger partial charge in [0.25, 0.3) is 0 Å². The predicted octanol–water partition coefficient (Wildman–Crippen LogP) is 3.37. The Hall–Kier alpha value is -3.68. The molecule has 0 bridgehead atoms. The molecule has 0 aromatic carbocycles. The van der Waals surface area contributed by atoms with E-state index >= 15 is 0 Å². The largest absolute Gasteiger partial charge is 0.462 e. The lowest BCUT2D eigenvalue weighted by atomic mass is 10.2. The Morgan fingerprint density at radius 1 is 0.500 bits per heavy atom. The van der Waals surface area contributed by atoms with E-state index in [4.69, 9.17) is 33.9 Å². The average molecular weight is 655 g/mol. The van der Waals surface area contributed by atoms with Crippen LogP contribution in [0.3, 0.4) is 0 Å². The highest BCUT2D eigenvalue weighted by Crippen LogP contribution is 2.04. The Labute approximate surface area is 273 Å². The van der Waals surface area contributed by atoms with Gasteiger partial charge in [-0.05, 0) is 57.8 Å². The Bertz CT molecular complexity index is 861. The average Bonchev–Trinajstić information content (AvgIpc) is 3.04. The van der Waals surface area contributed by atoms with Gasteiger partial charge in [0.2, 0.25) is 0 Å². The van der Waals surface area contributed by atoms with E-state index in [1.54, 1.807) is 9.80 Å². The highest BCUT2D eigenvalue weighted by atomic mass is 16.6. The molecule has 0 radical (unpaired) electrons. The van der Waals surface area contributed by atoms with Gasteiger partial charge in [0, 0.05) is 82.5 Å².